The van der Waals surface area contributed by atoms with Crippen molar-refractivity contribution in [2.24, 2.45) is 0 Å². The van der Waals surface area contributed by atoms with E-state index in [9.17, 15) is 20.2 Å². The summed E-state index contributed by atoms with van der Waals surface area (Å²) in [7, 11) is 0. The summed E-state index contributed by atoms with van der Waals surface area (Å²) < 4.78 is 0. The Hall–Kier alpha value is -2.58. The van der Waals surface area contributed by atoms with Crippen LogP contribution in [0.2, 0.25) is 0 Å². The average molecular weight is 216 g/mol. The molecule has 0 amide bonds. The minimum absolute atomic E-state index is 0.559. The number of aromatic hydroxyl groups is 1. The minimum atomic E-state index is -1.22. The largest absolute Gasteiger partial charge is 0.506 e. The average Bonchev–Trinajstić information content (AvgIpc) is 2.09. The number of para-hydroxylation sites is 1. The summed E-state index contributed by atoms with van der Waals surface area (Å²) in [5.74, 6) is -1.91. The molecule has 1 rings (SSSR count). The predicted molar refractivity (Wildman–Crippen MR) is 43.4 cm³/mol. The van der Waals surface area contributed by atoms with E-state index in [1.54, 1.807) is 0 Å². The molecule has 0 fully saturated rings. The van der Waals surface area contributed by atoms with Gasteiger partial charge in [0.25, 0.3) is 10.2 Å². The molecule has 0 aliphatic heterocycles. The second-order valence-electron chi connectivity index (χ2n) is 2.23. The molecule has 0 heterocycles. The highest BCUT2D eigenvalue weighted by Crippen LogP contribution is 2.36. The van der Waals surface area contributed by atoms with Gasteiger partial charge in [-0.3, -0.25) is 9.68 Å². The van der Waals surface area contributed by atoms with Crippen LogP contribution >= 0.6 is 0 Å². The third-order valence-corrected chi connectivity index (χ3v) is 1.30. The molecule has 0 unspecified atom stereocenters. The Morgan fingerprint density at radius 2 is 1.73 bits per heavy atom. The number of phenolic OH excluding ortho intramolecular Hbond substituents is 1. The molecular weight excluding hydrogens is 212 g/mol. The Bertz CT molecular complexity index is 404. The summed E-state index contributed by atoms with van der Waals surface area (Å²) in [5, 5.41) is 26.7. The summed E-state index contributed by atoms with van der Waals surface area (Å²) in [5.41, 5.74) is 0. The van der Waals surface area contributed by atoms with Crippen molar-refractivity contribution in [3.8, 4) is 17.2 Å². The zero-order valence-electron chi connectivity index (χ0n) is 7.02. The monoisotopic (exact) mass is 216 g/mol. The number of benzene rings is 1. The predicted octanol–water partition coefficient (Wildman–Crippen LogP) is 0.533. The molecule has 0 aliphatic rings. The Kier molecular flexibility index (Phi) is 2.86. The van der Waals surface area contributed by atoms with Gasteiger partial charge < -0.3 is 5.11 Å². The number of hydrogen-bond donors (Lipinski definition) is 1. The second-order valence-corrected chi connectivity index (χ2v) is 2.23. The molecule has 1 aromatic rings. The Morgan fingerprint density at radius 1 is 1.13 bits per heavy atom. The van der Waals surface area contributed by atoms with E-state index in [4.69, 9.17) is 5.11 Å². The van der Waals surface area contributed by atoms with E-state index < -0.39 is 27.4 Å². The quantitative estimate of drug-likeness (QED) is 0.574. The molecule has 9 heteroatoms. The van der Waals surface area contributed by atoms with Crippen LogP contribution in [0.4, 0.5) is 0 Å². The lowest BCUT2D eigenvalue weighted by Crippen LogP contribution is -2.09. The van der Waals surface area contributed by atoms with Crippen LogP contribution in [-0.4, -0.2) is 15.3 Å². The van der Waals surface area contributed by atoms with E-state index >= 15 is 0 Å². The van der Waals surface area contributed by atoms with E-state index in [1.807, 2.05) is 0 Å². The van der Waals surface area contributed by atoms with Crippen LogP contribution < -0.4 is 9.68 Å². The smallest absolute Gasteiger partial charge is 0.299 e. The van der Waals surface area contributed by atoms with E-state index in [1.165, 1.54) is 6.07 Å². The van der Waals surface area contributed by atoms with Gasteiger partial charge in [-0.15, -0.1) is 20.2 Å². The van der Waals surface area contributed by atoms with Gasteiger partial charge >= 0.3 is 0 Å². The zero-order chi connectivity index (χ0) is 11.4. The third-order valence-electron chi connectivity index (χ3n) is 1.30. The minimum Gasteiger partial charge on any atom is -0.506 e. The van der Waals surface area contributed by atoms with Gasteiger partial charge in [0, 0.05) is 0 Å². The summed E-state index contributed by atoms with van der Waals surface area (Å²) in [4.78, 5) is 27.9. The fourth-order valence-electron chi connectivity index (χ4n) is 0.823. The summed E-state index contributed by atoms with van der Waals surface area (Å²) >= 11 is 0. The molecule has 1 N–H and O–H groups in total. The lowest BCUT2D eigenvalue weighted by Gasteiger charge is -2.06. The molecule has 80 valence electrons. The van der Waals surface area contributed by atoms with Gasteiger partial charge in [0.1, 0.15) is 5.75 Å². The van der Waals surface area contributed by atoms with Crippen molar-refractivity contribution in [3.05, 3.63) is 38.4 Å². The maximum absolute atomic E-state index is 10.0. The standard InChI is InChI=1S/C6H4N2O7/c9-4-2-1-3-5(14-7(10)11)6(4)15-8(12)13/h1-3,9H. The molecule has 1 aromatic carbocycles. The van der Waals surface area contributed by atoms with Crippen molar-refractivity contribution in [3.63, 3.8) is 0 Å². The van der Waals surface area contributed by atoms with Crippen molar-refractivity contribution < 1.29 is 25.0 Å². The van der Waals surface area contributed by atoms with Crippen LogP contribution in [0.3, 0.4) is 0 Å². The van der Waals surface area contributed by atoms with E-state index in [0.29, 0.717) is 0 Å². The van der Waals surface area contributed by atoms with Gasteiger partial charge in [0.2, 0.25) is 0 Å². The van der Waals surface area contributed by atoms with Gasteiger partial charge in [-0.05, 0) is 12.1 Å². The van der Waals surface area contributed by atoms with Gasteiger partial charge in [-0.2, -0.15) is 0 Å². The van der Waals surface area contributed by atoms with Crippen LogP contribution in [0.25, 0.3) is 0 Å². The molecule has 15 heavy (non-hydrogen) atoms. The van der Waals surface area contributed by atoms with E-state index in [2.05, 4.69) is 9.68 Å². The summed E-state index contributed by atoms with van der Waals surface area (Å²) in [6.07, 6.45) is 0. The number of rotatable bonds is 4. The Balaban J connectivity index is 3.08. The van der Waals surface area contributed by atoms with Crippen LogP contribution in [-0.2, 0) is 0 Å². The van der Waals surface area contributed by atoms with Crippen molar-refractivity contribution in [1.82, 2.24) is 0 Å². The maximum Gasteiger partial charge on any atom is 0.299 e. The first-order chi connectivity index (χ1) is 7.00. The number of phenols is 1. The lowest BCUT2D eigenvalue weighted by atomic mass is 10.3. The van der Waals surface area contributed by atoms with E-state index in [0.717, 1.165) is 12.1 Å². The third kappa shape index (κ3) is 2.69. The zero-order valence-corrected chi connectivity index (χ0v) is 7.02. The first-order valence-electron chi connectivity index (χ1n) is 3.47. The highest BCUT2D eigenvalue weighted by Gasteiger charge is 2.15. The lowest BCUT2D eigenvalue weighted by molar-refractivity contribution is -0.721. The summed E-state index contributed by atoms with van der Waals surface area (Å²) in [6, 6.07) is 3.31. The molecule has 0 bridgehead atoms. The van der Waals surface area contributed by atoms with Gasteiger partial charge in [-0.25, -0.2) is 0 Å². The van der Waals surface area contributed by atoms with Crippen LogP contribution in [0.5, 0.6) is 17.2 Å². The highest BCUT2D eigenvalue weighted by atomic mass is 17.0. The van der Waals surface area contributed by atoms with Crippen LogP contribution in [0.15, 0.2) is 18.2 Å². The molecular formula is C6H4N2O7. The van der Waals surface area contributed by atoms with Gasteiger partial charge in [-0.1, -0.05) is 6.07 Å². The van der Waals surface area contributed by atoms with Crippen molar-refractivity contribution in [2.75, 3.05) is 0 Å². The number of hydrogen-bond acceptors (Lipinski definition) is 7. The molecule has 0 aliphatic carbocycles. The molecule has 0 saturated heterocycles. The second kappa shape index (κ2) is 4.09. The van der Waals surface area contributed by atoms with Gasteiger partial charge in [0.15, 0.2) is 11.5 Å². The molecule has 0 atom stereocenters. The highest BCUT2D eigenvalue weighted by molar-refractivity contribution is 5.49. The molecule has 0 radical (unpaired) electrons. The molecule has 0 saturated carbocycles. The number of nitrogens with zero attached hydrogens (tertiary/aromatic N) is 2. The first kappa shape index (κ1) is 10.5. The maximum atomic E-state index is 10.0. The van der Waals surface area contributed by atoms with Crippen molar-refractivity contribution >= 4 is 0 Å². The van der Waals surface area contributed by atoms with E-state index in [-0.39, 0.29) is 0 Å². The fraction of sp³-hybridized carbons (Fsp3) is 0. The Labute approximate surface area is 81.7 Å². The van der Waals surface area contributed by atoms with Crippen molar-refractivity contribution in [1.29, 1.82) is 0 Å². The molecule has 9 nitrogen and oxygen atoms in total. The fourth-order valence-corrected chi connectivity index (χ4v) is 0.823. The van der Waals surface area contributed by atoms with Crippen LogP contribution in [0.1, 0.15) is 0 Å². The Morgan fingerprint density at radius 3 is 2.27 bits per heavy atom. The van der Waals surface area contributed by atoms with Crippen molar-refractivity contribution in [2.45, 2.75) is 0 Å². The van der Waals surface area contributed by atoms with Crippen LogP contribution in [0, 0.1) is 20.2 Å². The molecule has 0 aromatic heterocycles. The first-order valence-corrected chi connectivity index (χ1v) is 3.47. The summed E-state index contributed by atoms with van der Waals surface area (Å²) in [6.45, 7) is 0. The normalized spacial score (nSPS) is 9.33. The van der Waals surface area contributed by atoms with Gasteiger partial charge in [0.05, 0.1) is 0 Å². The SMILES string of the molecule is O=[N+]([O-])Oc1cccc(O)c1O[N+](=O)[O-]. The topological polar surface area (TPSA) is 125 Å². The molecule has 0 spiro atoms.